The first-order valence-electron chi connectivity index (χ1n) is 10.2. The molecule has 2 heterocycles. The lowest BCUT2D eigenvalue weighted by Gasteiger charge is -2.24. The van der Waals surface area contributed by atoms with E-state index in [1.807, 2.05) is 6.08 Å². The van der Waals surface area contributed by atoms with Gasteiger partial charge in [-0.05, 0) is 60.8 Å². The lowest BCUT2D eigenvalue weighted by atomic mass is 9.97. The van der Waals surface area contributed by atoms with Crippen molar-refractivity contribution in [3.8, 4) is 11.6 Å². The summed E-state index contributed by atoms with van der Waals surface area (Å²) in [5.41, 5.74) is 2.51. The first-order chi connectivity index (χ1) is 15.5. The van der Waals surface area contributed by atoms with Gasteiger partial charge in [0.15, 0.2) is 6.10 Å². The monoisotopic (exact) mass is 438 g/mol. The number of aliphatic carboxylic acids is 1. The summed E-state index contributed by atoms with van der Waals surface area (Å²) in [6, 6.07) is 8.35. The van der Waals surface area contributed by atoms with Crippen molar-refractivity contribution in [2.45, 2.75) is 38.4 Å². The first kappa shape index (κ1) is 21.4. The Morgan fingerprint density at radius 2 is 2.12 bits per heavy atom. The maximum absolute atomic E-state index is 12.8. The van der Waals surface area contributed by atoms with E-state index in [-0.39, 0.29) is 17.9 Å². The minimum atomic E-state index is -0.973. The Hall–Kier alpha value is -3.79. The number of hydrogen-bond acceptors (Lipinski definition) is 8. The van der Waals surface area contributed by atoms with Gasteiger partial charge in [0, 0.05) is 18.8 Å². The van der Waals surface area contributed by atoms with Crippen molar-refractivity contribution in [2.75, 3.05) is 6.54 Å². The number of ether oxygens (including phenoxy) is 2. The number of aromatic nitrogens is 3. The molecule has 2 N–H and O–H groups in total. The number of hydrogen-bond donors (Lipinski definition) is 2. The zero-order valence-electron chi connectivity index (χ0n) is 17.4. The molecule has 10 heteroatoms. The predicted molar refractivity (Wildman–Crippen MR) is 112 cm³/mol. The fourth-order valence-corrected chi connectivity index (χ4v) is 3.37. The van der Waals surface area contributed by atoms with E-state index in [0.717, 1.165) is 12.0 Å². The van der Waals surface area contributed by atoms with Crippen LogP contribution in [0.1, 0.15) is 36.5 Å². The molecule has 0 saturated carbocycles. The Kier molecular flexibility index (Phi) is 6.41. The molecule has 1 aliphatic carbocycles. The molecule has 3 aromatic rings. The van der Waals surface area contributed by atoms with Gasteiger partial charge in [0.25, 0.3) is 5.91 Å². The molecule has 2 unspecified atom stereocenters. The van der Waals surface area contributed by atoms with Crippen LogP contribution in [0.25, 0.3) is 11.0 Å². The van der Waals surface area contributed by atoms with E-state index in [1.165, 1.54) is 6.92 Å². The molecule has 2 atom stereocenters. The van der Waals surface area contributed by atoms with Gasteiger partial charge in [0.2, 0.25) is 5.88 Å². The standard InChI is InChI=1S/C22H22N4O6/c1-13(22(28)29)30-15-6-4-14(5-7-15)12-24-20(27)17-3-2-10-23-21(17)31-16-8-9-18-19(11-16)26-32-25-18/h2-4,8-11,13,15H,5-7,12H2,1H3,(H,24,27)(H,28,29). The molecular formula is C22H22N4O6. The minimum absolute atomic E-state index is 0.129. The van der Waals surface area contributed by atoms with Gasteiger partial charge in [0.1, 0.15) is 22.3 Å². The van der Waals surface area contributed by atoms with E-state index in [0.29, 0.717) is 41.7 Å². The van der Waals surface area contributed by atoms with Crippen LogP contribution >= 0.6 is 0 Å². The highest BCUT2D eigenvalue weighted by Gasteiger charge is 2.21. The van der Waals surface area contributed by atoms with E-state index in [4.69, 9.17) is 14.6 Å². The van der Waals surface area contributed by atoms with Crippen LogP contribution in [0.5, 0.6) is 11.6 Å². The average Bonchev–Trinajstić information content (AvgIpc) is 3.26. The van der Waals surface area contributed by atoms with Crippen molar-refractivity contribution in [1.29, 1.82) is 0 Å². The summed E-state index contributed by atoms with van der Waals surface area (Å²) in [6.07, 6.45) is 4.62. The number of carbonyl (C=O) groups is 2. The van der Waals surface area contributed by atoms with Gasteiger partial charge in [-0.3, -0.25) is 4.79 Å². The molecule has 1 amide bonds. The molecule has 1 aromatic carbocycles. The second-order valence-electron chi connectivity index (χ2n) is 7.43. The smallest absolute Gasteiger partial charge is 0.332 e. The largest absolute Gasteiger partial charge is 0.479 e. The van der Waals surface area contributed by atoms with E-state index in [9.17, 15) is 9.59 Å². The number of carbonyl (C=O) groups excluding carboxylic acids is 1. The van der Waals surface area contributed by atoms with Gasteiger partial charge >= 0.3 is 5.97 Å². The maximum atomic E-state index is 12.8. The first-order valence-corrected chi connectivity index (χ1v) is 10.2. The fourth-order valence-electron chi connectivity index (χ4n) is 3.37. The number of nitrogens with one attached hydrogen (secondary N) is 1. The van der Waals surface area contributed by atoms with Crippen LogP contribution in [0.3, 0.4) is 0 Å². The zero-order chi connectivity index (χ0) is 22.5. The number of pyridine rings is 1. The van der Waals surface area contributed by atoms with Crippen LogP contribution in [-0.2, 0) is 9.53 Å². The number of carboxylic acid groups (broad SMARTS) is 1. The van der Waals surface area contributed by atoms with Crippen molar-refractivity contribution in [1.82, 2.24) is 20.6 Å². The normalized spacial score (nSPS) is 16.9. The minimum Gasteiger partial charge on any atom is -0.479 e. The fraction of sp³-hybridized carbons (Fsp3) is 0.318. The molecule has 0 bridgehead atoms. The Balaban J connectivity index is 1.36. The summed E-state index contributed by atoms with van der Waals surface area (Å²) in [5, 5.41) is 19.4. The number of nitrogens with zero attached hydrogens (tertiary/aromatic N) is 3. The van der Waals surface area contributed by atoms with Gasteiger partial charge in [0.05, 0.1) is 6.10 Å². The van der Waals surface area contributed by atoms with E-state index >= 15 is 0 Å². The molecule has 0 aliphatic heterocycles. The van der Waals surface area contributed by atoms with Crippen LogP contribution in [0.2, 0.25) is 0 Å². The number of rotatable bonds is 8. The van der Waals surface area contributed by atoms with E-state index < -0.39 is 12.1 Å². The summed E-state index contributed by atoms with van der Waals surface area (Å²) < 4.78 is 16.0. The molecule has 4 rings (SSSR count). The van der Waals surface area contributed by atoms with Crippen molar-refractivity contribution >= 4 is 22.9 Å². The van der Waals surface area contributed by atoms with E-state index in [1.54, 1.807) is 36.5 Å². The molecular weight excluding hydrogens is 416 g/mol. The van der Waals surface area contributed by atoms with Gasteiger partial charge < -0.3 is 19.9 Å². The highest BCUT2D eigenvalue weighted by molar-refractivity contribution is 5.96. The Labute approximate surface area is 183 Å². The molecule has 166 valence electrons. The van der Waals surface area contributed by atoms with Crippen molar-refractivity contribution in [3.05, 3.63) is 53.7 Å². The molecule has 0 spiro atoms. The molecule has 1 aliphatic rings. The lowest BCUT2D eigenvalue weighted by molar-refractivity contribution is -0.153. The predicted octanol–water partition coefficient (Wildman–Crippen LogP) is 3.11. The molecule has 2 aromatic heterocycles. The quantitative estimate of drug-likeness (QED) is 0.508. The third-order valence-electron chi connectivity index (χ3n) is 5.13. The van der Waals surface area contributed by atoms with Crippen LogP contribution in [-0.4, -0.2) is 51.0 Å². The SMILES string of the molecule is CC(OC1CC=C(CNC(=O)c2cccnc2Oc2ccc3nonc3c2)CC1)C(=O)O. The van der Waals surface area contributed by atoms with Crippen molar-refractivity contribution in [2.24, 2.45) is 0 Å². The Morgan fingerprint density at radius 1 is 1.28 bits per heavy atom. The molecule has 32 heavy (non-hydrogen) atoms. The topological polar surface area (TPSA) is 137 Å². The number of amides is 1. The molecule has 0 fully saturated rings. The average molecular weight is 438 g/mol. The van der Waals surface area contributed by atoms with Crippen molar-refractivity contribution < 1.29 is 28.8 Å². The molecule has 0 saturated heterocycles. The van der Waals surface area contributed by atoms with Crippen LogP contribution in [0, 0.1) is 0 Å². The number of carboxylic acids is 1. The summed E-state index contributed by atoms with van der Waals surface area (Å²) in [6.45, 7) is 1.90. The Morgan fingerprint density at radius 3 is 2.91 bits per heavy atom. The third kappa shape index (κ3) is 5.09. The van der Waals surface area contributed by atoms with Crippen LogP contribution in [0.15, 0.2) is 52.8 Å². The maximum Gasteiger partial charge on any atom is 0.332 e. The van der Waals surface area contributed by atoms with Gasteiger partial charge in [-0.25, -0.2) is 14.4 Å². The second kappa shape index (κ2) is 9.56. The number of fused-ring (bicyclic) bond motifs is 1. The molecule has 0 radical (unpaired) electrons. The highest BCUT2D eigenvalue weighted by Crippen LogP contribution is 2.26. The number of benzene rings is 1. The zero-order valence-corrected chi connectivity index (χ0v) is 17.4. The van der Waals surface area contributed by atoms with E-state index in [2.05, 4.69) is 25.2 Å². The highest BCUT2D eigenvalue weighted by atomic mass is 16.6. The summed E-state index contributed by atoms with van der Waals surface area (Å²) in [7, 11) is 0. The van der Waals surface area contributed by atoms with Gasteiger partial charge in [-0.2, -0.15) is 0 Å². The summed E-state index contributed by atoms with van der Waals surface area (Å²) >= 11 is 0. The summed E-state index contributed by atoms with van der Waals surface area (Å²) in [4.78, 5) is 27.9. The van der Waals surface area contributed by atoms with Gasteiger partial charge in [-0.1, -0.05) is 11.6 Å². The van der Waals surface area contributed by atoms with Crippen LogP contribution in [0.4, 0.5) is 0 Å². The second-order valence-corrected chi connectivity index (χ2v) is 7.43. The van der Waals surface area contributed by atoms with Crippen LogP contribution < -0.4 is 10.1 Å². The van der Waals surface area contributed by atoms with Gasteiger partial charge in [-0.15, -0.1) is 0 Å². The lowest BCUT2D eigenvalue weighted by Crippen LogP contribution is -2.30. The molecule has 10 nitrogen and oxygen atoms in total. The Bertz CT molecular complexity index is 1160. The third-order valence-corrected chi connectivity index (χ3v) is 5.13. The summed E-state index contributed by atoms with van der Waals surface area (Å²) in [5.74, 6) is -0.651. The van der Waals surface area contributed by atoms with Crippen molar-refractivity contribution in [3.63, 3.8) is 0 Å².